The number of rotatable bonds is 5. The molecule has 1 N–H and O–H groups in total. The lowest BCUT2D eigenvalue weighted by molar-refractivity contribution is 0.102. The third-order valence-corrected chi connectivity index (χ3v) is 2.72. The lowest BCUT2D eigenvalue weighted by Crippen LogP contribution is -2.00. The van der Waals surface area contributed by atoms with Crippen molar-refractivity contribution < 1.29 is 14.6 Å². The fourth-order valence-electron chi connectivity index (χ4n) is 1.65. The van der Waals surface area contributed by atoms with Gasteiger partial charge in [0, 0.05) is 11.6 Å². The number of hydrogen-bond acceptors (Lipinski definition) is 5. The third kappa shape index (κ3) is 3.76. The number of allylic oxidation sites excluding steroid dienone is 1. The molecule has 0 aliphatic heterocycles. The molecule has 0 amide bonds. The van der Waals surface area contributed by atoms with E-state index in [9.17, 15) is 9.90 Å². The van der Waals surface area contributed by atoms with Crippen molar-refractivity contribution in [2.45, 2.75) is 0 Å². The molecule has 0 aliphatic rings. The maximum absolute atomic E-state index is 12.1. The van der Waals surface area contributed by atoms with Gasteiger partial charge >= 0.3 is 0 Å². The number of azo groups is 1. The van der Waals surface area contributed by atoms with Crippen molar-refractivity contribution in [3.63, 3.8) is 0 Å². The van der Waals surface area contributed by atoms with Gasteiger partial charge in [-0.2, -0.15) is 5.11 Å². The highest BCUT2D eigenvalue weighted by Crippen LogP contribution is 2.21. The topological polar surface area (TPSA) is 71.2 Å². The lowest BCUT2D eigenvalue weighted by Gasteiger charge is -2.00. The Balaban J connectivity index is 2.19. The van der Waals surface area contributed by atoms with E-state index in [4.69, 9.17) is 4.74 Å². The summed E-state index contributed by atoms with van der Waals surface area (Å²) in [5, 5.41) is 16.9. The quantitative estimate of drug-likeness (QED) is 0.389. The van der Waals surface area contributed by atoms with E-state index in [-0.39, 0.29) is 5.70 Å². The first-order chi connectivity index (χ1) is 10.2. The Bertz CT molecular complexity index is 679. The highest BCUT2D eigenvalue weighted by Gasteiger charge is 2.11. The summed E-state index contributed by atoms with van der Waals surface area (Å²) in [6, 6.07) is 15.5. The third-order valence-electron chi connectivity index (χ3n) is 2.72. The molecule has 0 unspecified atom stereocenters. The molecule has 0 bridgehead atoms. The Morgan fingerprint density at radius 1 is 1.14 bits per heavy atom. The highest BCUT2D eigenvalue weighted by molar-refractivity contribution is 6.08. The summed E-state index contributed by atoms with van der Waals surface area (Å²) in [4.78, 5) is 12.1. The Morgan fingerprint density at radius 3 is 2.57 bits per heavy atom. The van der Waals surface area contributed by atoms with Gasteiger partial charge in [-0.1, -0.05) is 36.4 Å². The summed E-state index contributed by atoms with van der Waals surface area (Å²) in [7, 11) is 1.55. The van der Waals surface area contributed by atoms with E-state index < -0.39 is 5.78 Å². The van der Waals surface area contributed by atoms with Crippen LogP contribution in [0, 0.1) is 0 Å². The molecule has 5 heteroatoms. The maximum Gasteiger partial charge on any atom is 0.216 e. The minimum Gasteiger partial charge on any atom is -0.513 e. The molecule has 0 aliphatic carbocycles. The van der Waals surface area contributed by atoms with Crippen LogP contribution in [0.4, 0.5) is 5.69 Å². The Hall–Kier alpha value is -2.95. The van der Waals surface area contributed by atoms with Crippen LogP contribution in [-0.4, -0.2) is 18.0 Å². The molecule has 0 spiro atoms. The van der Waals surface area contributed by atoms with Gasteiger partial charge in [-0.15, -0.1) is 5.11 Å². The van der Waals surface area contributed by atoms with E-state index in [2.05, 4.69) is 10.2 Å². The number of aliphatic hydroxyl groups is 1. The number of ketones is 1. The molecule has 2 aromatic rings. The average molecular weight is 282 g/mol. The van der Waals surface area contributed by atoms with Crippen molar-refractivity contribution in [1.82, 2.24) is 0 Å². The van der Waals surface area contributed by atoms with Crippen LogP contribution in [0.2, 0.25) is 0 Å². The predicted molar refractivity (Wildman–Crippen MR) is 79.0 cm³/mol. The Labute approximate surface area is 122 Å². The van der Waals surface area contributed by atoms with E-state index in [1.807, 2.05) is 0 Å². The molecule has 2 aromatic carbocycles. The molecule has 0 heterocycles. The van der Waals surface area contributed by atoms with E-state index in [1.54, 1.807) is 61.7 Å². The summed E-state index contributed by atoms with van der Waals surface area (Å²) < 4.78 is 5.07. The second-order valence-corrected chi connectivity index (χ2v) is 4.11. The highest BCUT2D eigenvalue weighted by atomic mass is 16.5. The predicted octanol–water partition coefficient (Wildman–Crippen LogP) is 4.06. The average Bonchev–Trinajstić information content (AvgIpc) is 2.56. The van der Waals surface area contributed by atoms with Gasteiger partial charge in [0.05, 0.1) is 12.8 Å². The van der Waals surface area contributed by atoms with Gasteiger partial charge in [-0.05, 0) is 12.1 Å². The van der Waals surface area contributed by atoms with Crippen LogP contribution in [-0.2, 0) is 0 Å². The van der Waals surface area contributed by atoms with E-state index in [1.165, 1.54) is 0 Å². The van der Waals surface area contributed by atoms with E-state index >= 15 is 0 Å². The molecule has 5 nitrogen and oxygen atoms in total. The zero-order valence-corrected chi connectivity index (χ0v) is 11.4. The molecular weight excluding hydrogens is 268 g/mol. The van der Waals surface area contributed by atoms with Gasteiger partial charge in [0.25, 0.3) is 0 Å². The Kier molecular flexibility index (Phi) is 4.82. The van der Waals surface area contributed by atoms with Crippen LogP contribution in [0.15, 0.2) is 76.8 Å². The number of hydrogen-bond donors (Lipinski definition) is 1. The monoisotopic (exact) mass is 282 g/mol. The van der Waals surface area contributed by atoms with Crippen LogP contribution in [0.5, 0.6) is 5.75 Å². The number of carbonyl (C=O) groups excluding carboxylic acids is 1. The van der Waals surface area contributed by atoms with Crippen molar-refractivity contribution >= 4 is 11.5 Å². The molecule has 21 heavy (non-hydrogen) atoms. The van der Waals surface area contributed by atoms with Crippen molar-refractivity contribution in [1.29, 1.82) is 0 Å². The normalized spacial score (nSPS) is 11.6. The van der Waals surface area contributed by atoms with Crippen LogP contribution in [0.1, 0.15) is 10.4 Å². The van der Waals surface area contributed by atoms with Crippen LogP contribution in [0.3, 0.4) is 0 Å². The number of nitrogens with zero attached hydrogens (tertiary/aromatic N) is 2. The molecule has 106 valence electrons. The number of ether oxygens (including phenoxy) is 1. The second-order valence-electron chi connectivity index (χ2n) is 4.11. The molecule has 0 atom stereocenters. The molecule has 2 rings (SSSR count). The minimum atomic E-state index is -0.398. The van der Waals surface area contributed by atoms with Crippen LogP contribution in [0.25, 0.3) is 0 Å². The van der Waals surface area contributed by atoms with Crippen molar-refractivity contribution in [2.75, 3.05) is 7.11 Å². The smallest absolute Gasteiger partial charge is 0.216 e. The summed E-state index contributed by atoms with van der Waals surface area (Å²) in [6.07, 6.45) is 0.652. The largest absolute Gasteiger partial charge is 0.513 e. The summed E-state index contributed by atoms with van der Waals surface area (Å²) in [5.74, 6) is 0.236. The number of benzene rings is 2. The fraction of sp³-hybridized carbons (Fsp3) is 0.0625. The van der Waals surface area contributed by atoms with Gasteiger partial charge in [-0.3, -0.25) is 4.79 Å². The van der Waals surface area contributed by atoms with Gasteiger partial charge in [0.2, 0.25) is 5.78 Å². The fourth-order valence-corrected chi connectivity index (χ4v) is 1.65. The maximum atomic E-state index is 12.1. The van der Waals surface area contributed by atoms with Crippen molar-refractivity contribution in [2.24, 2.45) is 10.2 Å². The summed E-state index contributed by atoms with van der Waals surface area (Å²) >= 11 is 0. The molecule has 0 fully saturated rings. The lowest BCUT2D eigenvalue weighted by atomic mass is 10.1. The van der Waals surface area contributed by atoms with Gasteiger partial charge in [-0.25, -0.2) is 0 Å². The molecule has 0 saturated carbocycles. The van der Waals surface area contributed by atoms with Crippen LogP contribution < -0.4 is 4.74 Å². The van der Waals surface area contributed by atoms with Crippen molar-refractivity contribution in [3.8, 4) is 5.75 Å². The van der Waals surface area contributed by atoms with Crippen LogP contribution >= 0.6 is 0 Å². The minimum absolute atomic E-state index is 0.135. The van der Waals surface area contributed by atoms with Crippen molar-refractivity contribution in [3.05, 3.63) is 72.1 Å². The first-order valence-electron chi connectivity index (χ1n) is 6.24. The van der Waals surface area contributed by atoms with Gasteiger partial charge in [0.1, 0.15) is 12.0 Å². The van der Waals surface area contributed by atoms with E-state index in [0.717, 1.165) is 0 Å². The van der Waals surface area contributed by atoms with Gasteiger partial charge < -0.3 is 9.84 Å². The molecular formula is C16H14N2O3. The number of Topliss-reactive ketones (excluding diaryl/α,β-unsaturated/α-hetero) is 1. The standard InChI is InChI=1S/C16H14N2O3/c1-21-14-9-5-8-13(10-14)17-18-15(11-19)16(20)12-6-3-2-4-7-12/h2-11,19H,1H3/b15-11+,18-17?. The van der Waals surface area contributed by atoms with E-state index in [0.29, 0.717) is 23.3 Å². The number of methoxy groups -OCH3 is 1. The number of aliphatic hydroxyl groups excluding tert-OH is 1. The molecule has 0 aromatic heterocycles. The zero-order valence-electron chi connectivity index (χ0n) is 11.4. The number of carbonyl (C=O) groups is 1. The summed E-state index contributed by atoms with van der Waals surface area (Å²) in [6.45, 7) is 0. The zero-order chi connectivity index (χ0) is 15.1. The molecule has 0 saturated heterocycles. The SMILES string of the molecule is COc1cccc(N=N/C(=C/O)C(=O)c2ccccc2)c1. The molecule has 0 radical (unpaired) electrons. The first-order valence-corrected chi connectivity index (χ1v) is 6.24. The summed E-state index contributed by atoms with van der Waals surface area (Å²) in [5.41, 5.74) is 0.820. The van der Waals surface area contributed by atoms with Gasteiger partial charge in [0.15, 0.2) is 5.70 Å². The first kappa shape index (κ1) is 14.5. The Morgan fingerprint density at radius 2 is 1.90 bits per heavy atom. The second kappa shape index (κ2) is 7.00.